The monoisotopic (exact) mass is 247 g/mol. The van der Waals surface area contributed by atoms with E-state index in [4.69, 9.17) is 0 Å². The van der Waals surface area contributed by atoms with Crippen molar-refractivity contribution in [2.24, 2.45) is 0 Å². The summed E-state index contributed by atoms with van der Waals surface area (Å²) in [5.74, 6) is 0.0402. The summed E-state index contributed by atoms with van der Waals surface area (Å²) in [4.78, 5) is 16.5. The maximum absolute atomic E-state index is 11.6. The average Bonchev–Trinajstić information content (AvgIpc) is 2.84. The molecule has 2 heterocycles. The number of thioether (sulfide) groups is 1. The second-order valence-corrected chi connectivity index (χ2v) is 4.80. The molecule has 0 amide bonds. The molecular formula is C12H9NOS2. The van der Waals surface area contributed by atoms with Gasteiger partial charge in [-0.25, -0.2) is 4.98 Å². The lowest BCUT2D eigenvalue weighted by atomic mass is 10.3. The fourth-order valence-corrected chi connectivity index (χ4v) is 2.34. The van der Waals surface area contributed by atoms with E-state index in [9.17, 15) is 4.79 Å². The lowest BCUT2D eigenvalue weighted by Gasteiger charge is -1.92. The maximum Gasteiger partial charge on any atom is 0.196 e. The molecule has 0 radical (unpaired) electrons. The fraction of sp³-hybridized carbons (Fsp3) is 0. The van der Waals surface area contributed by atoms with Crippen molar-refractivity contribution < 1.29 is 4.79 Å². The maximum atomic E-state index is 11.6. The Morgan fingerprint density at radius 2 is 2.25 bits per heavy atom. The van der Waals surface area contributed by atoms with Gasteiger partial charge in [0.25, 0.3) is 0 Å². The quantitative estimate of drug-likeness (QED) is 0.469. The molecule has 0 fully saturated rings. The van der Waals surface area contributed by atoms with Crippen molar-refractivity contribution in [2.45, 2.75) is 5.03 Å². The van der Waals surface area contributed by atoms with Gasteiger partial charge in [-0.1, -0.05) is 23.9 Å². The van der Waals surface area contributed by atoms with Gasteiger partial charge in [0.1, 0.15) is 5.03 Å². The molecule has 0 saturated carbocycles. The molecule has 0 aliphatic carbocycles. The van der Waals surface area contributed by atoms with E-state index >= 15 is 0 Å². The average molecular weight is 247 g/mol. The molecule has 0 aliphatic rings. The third-order valence-electron chi connectivity index (χ3n) is 1.81. The molecule has 80 valence electrons. The fourth-order valence-electron chi connectivity index (χ4n) is 1.08. The van der Waals surface area contributed by atoms with Crippen molar-refractivity contribution in [3.63, 3.8) is 0 Å². The number of hydrogen-bond acceptors (Lipinski definition) is 4. The van der Waals surface area contributed by atoms with E-state index in [2.05, 4.69) is 4.98 Å². The van der Waals surface area contributed by atoms with E-state index in [0.717, 1.165) is 9.90 Å². The first-order chi connectivity index (χ1) is 7.86. The Balaban J connectivity index is 1.93. The smallest absolute Gasteiger partial charge is 0.196 e. The van der Waals surface area contributed by atoms with Crippen LogP contribution in [-0.4, -0.2) is 10.8 Å². The summed E-state index contributed by atoms with van der Waals surface area (Å²) in [5, 5.41) is 4.55. The minimum Gasteiger partial charge on any atom is -0.288 e. The van der Waals surface area contributed by atoms with Crippen LogP contribution in [0.4, 0.5) is 0 Å². The van der Waals surface area contributed by atoms with Gasteiger partial charge in [-0.15, -0.1) is 11.3 Å². The van der Waals surface area contributed by atoms with Gasteiger partial charge in [-0.05, 0) is 35.1 Å². The molecule has 0 spiro atoms. The molecule has 0 aromatic carbocycles. The molecule has 0 N–H and O–H groups in total. The van der Waals surface area contributed by atoms with Crippen LogP contribution in [0.2, 0.25) is 0 Å². The number of nitrogens with zero attached hydrogens (tertiary/aromatic N) is 1. The van der Waals surface area contributed by atoms with E-state index < -0.39 is 0 Å². The Morgan fingerprint density at radius 3 is 2.94 bits per heavy atom. The molecule has 2 aromatic heterocycles. The normalized spacial score (nSPS) is 10.8. The zero-order valence-corrected chi connectivity index (χ0v) is 10.0. The molecule has 2 aromatic rings. The number of thiophene rings is 1. The second-order valence-electron chi connectivity index (χ2n) is 2.93. The molecule has 0 aliphatic heterocycles. The van der Waals surface area contributed by atoms with Crippen molar-refractivity contribution >= 4 is 28.9 Å². The van der Waals surface area contributed by atoms with Crippen LogP contribution in [0.1, 0.15) is 9.67 Å². The Labute approximate surface area is 102 Å². The topological polar surface area (TPSA) is 30.0 Å². The van der Waals surface area contributed by atoms with Crippen molar-refractivity contribution in [3.8, 4) is 0 Å². The van der Waals surface area contributed by atoms with Crippen LogP contribution in [0.3, 0.4) is 0 Å². The highest BCUT2D eigenvalue weighted by atomic mass is 32.2. The summed E-state index contributed by atoms with van der Waals surface area (Å²) in [6.07, 6.45) is 3.31. The lowest BCUT2D eigenvalue weighted by Crippen LogP contribution is -1.87. The van der Waals surface area contributed by atoms with Gasteiger partial charge >= 0.3 is 0 Å². The molecule has 16 heavy (non-hydrogen) atoms. The number of ketones is 1. The zero-order chi connectivity index (χ0) is 11.2. The van der Waals surface area contributed by atoms with Crippen LogP contribution in [0, 0.1) is 0 Å². The predicted molar refractivity (Wildman–Crippen MR) is 67.9 cm³/mol. The third kappa shape index (κ3) is 3.05. The van der Waals surface area contributed by atoms with Gasteiger partial charge in [0.2, 0.25) is 0 Å². The van der Waals surface area contributed by atoms with Crippen LogP contribution in [0.25, 0.3) is 0 Å². The number of aromatic nitrogens is 1. The van der Waals surface area contributed by atoms with Crippen LogP contribution < -0.4 is 0 Å². The van der Waals surface area contributed by atoms with Crippen LogP contribution in [0.15, 0.2) is 58.4 Å². The van der Waals surface area contributed by atoms with Crippen LogP contribution in [-0.2, 0) is 0 Å². The summed E-state index contributed by atoms with van der Waals surface area (Å²) in [6, 6.07) is 9.39. The van der Waals surface area contributed by atoms with Crippen LogP contribution >= 0.6 is 23.1 Å². The van der Waals surface area contributed by atoms with Crippen molar-refractivity contribution in [3.05, 3.63) is 58.3 Å². The Bertz CT molecular complexity index is 477. The first-order valence-corrected chi connectivity index (χ1v) is 6.44. The number of carbonyl (C=O) groups is 1. The molecule has 2 nitrogen and oxygen atoms in total. The van der Waals surface area contributed by atoms with Gasteiger partial charge in [0.05, 0.1) is 4.88 Å². The number of allylic oxidation sites excluding steroid dienone is 1. The first-order valence-electron chi connectivity index (χ1n) is 4.68. The first kappa shape index (κ1) is 11.1. The molecule has 0 bridgehead atoms. The van der Waals surface area contributed by atoms with E-state index in [1.165, 1.54) is 23.1 Å². The van der Waals surface area contributed by atoms with Gasteiger partial charge < -0.3 is 0 Å². The van der Waals surface area contributed by atoms with Crippen molar-refractivity contribution in [1.82, 2.24) is 4.98 Å². The SMILES string of the molecule is O=C(/C=C/Sc1ccccn1)c1cccs1. The minimum atomic E-state index is 0.0402. The summed E-state index contributed by atoms with van der Waals surface area (Å²) in [6.45, 7) is 0. The molecule has 0 saturated heterocycles. The van der Waals surface area contributed by atoms with E-state index in [0.29, 0.717) is 0 Å². The summed E-state index contributed by atoms with van der Waals surface area (Å²) in [5.41, 5.74) is 0. The van der Waals surface area contributed by atoms with Gasteiger partial charge in [0.15, 0.2) is 5.78 Å². The Hall–Kier alpha value is -1.39. The number of carbonyl (C=O) groups excluding carboxylic acids is 1. The summed E-state index contributed by atoms with van der Waals surface area (Å²) >= 11 is 2.89. The zero-order valence-electron chi connectivity index (χ0n) is 8.37. The molecular weight excluding hydrogens is 238 g/mol. The molecule has 2 rings (SSSR count). The van der Waals surface area contributed by atoms with Gasteiger partial charge in [0, 0.05) is 6.20 Å². The minimum absolute atomic E-state index is 0.0402. The Morgan fingerprint density at radius 1 is 1.31 bits per heavy atom. The highest BCUT2D eigenvalue weighted by Crippen LogP contribution is 2.16. The number of hydrogen-bond donors (Lipinski definition) is 0. The van der Waals surface area contributed by atoms with Crippen molar-refractivity contribution in [2.75, 3.05) is 0 Å². The molecule has 0 atom stereocenters. The van der Waals surface area contributed by atoms with E-state index in [1.54, 1.807) is 17.7 Å². The van der Waals surface area contributed by atoms with Crippen LogP contribution in [0.5, 0.6) is 0 Å². The largest absolute Gasteiger partial charge is 0.288 e. The van der Waals surface area contributed by atoms with E-state index in [-0.39, 0.29) is 5.78 Å². The number of rotatable bonds is 4. The highest BCUT2D eigenvalue weighted by molar-refractivity contribution is 8.02. The lowest BCUT2D eigenvalue weighted by molar-refractivity contribution is 0.105. The predicted octanol–water partition coefficient (Wildman–Crippen LogP) is 3.63. The van der Waals surface area contributed by atoms with Gasteiger partial charge in [-0.3, -0.25) is 4.79 Å². The standard InChI is InChI=1S/C12H9NOS2/c14-10(11-4-3-8-15-11)6-9-16-12-5-1-2-7-13-12/h1-9H/b9-6+. The highest BCUT2D eigenvalue weighted by Gasteiger charge is 2.01. The molecule has 0 unspecified atom stereocenters. The van der Waals surface area contributed by atoms with Crippen molar-refractivity contribution in [1.29, 1.82) is 0 Å². The van der Waals surface area contributed by atoms with E-state index in [1.807, 2.05) is 35.7 Å². The Kier molecular flexibility index (Phi) is 3.91. The number of pyridine rings is 1. The molecule has 4 heteroatoms. The summed E-state index contributed by atoms with van der Waals surface area (Å²) < 4.78 is 0. The third-order valence-corrected chi connectivity index (χ3v) is 3.45. The summed E-state index contributed by atoms with van der Waals surface area (Å²) in [7, 11) is 0. The second kappa shape index (κ2) is 5.63. The van der Waals surface area contributed by atoms with Gasteiger partial charge in [-0.2, -0.15) is 0 Å².